The highest BCUT2D eigenvalue weighted by molar-refractivity contribution is 5.95. The summed E-state index contributed by atoms with van der Waals surface area (Å²) in [6, 6.07) is 6.72. The third-order valence-corrected chi connectivity index (χ3v) is 3.07. The van der Waals surface area contributed by atoms with Crippen LogP contribution in [-0.2, 0) is 20.7 Å². The van der Waals surface area contributed by atoms with Gasteiger partial charge in [0.05, 0.1) is 0 Å². The number of carboxylic acid groups (broad SMARTS) is 1. The minimum absolute atomic E-state index is 0.308. The molecule has 0 spiro atoms. The molecule has 0 bridgehead atoms. The third-order valence-electron chi connectivity index (χ3n) is 3.07. The van der Waals surface area contributed by atoms with E-state index in [9.17, 15) is 14.7 Å². The summed E-state index contributed by atoms with van der Waals surface area (Å²) < 4.78 is 5.15. The molecule has 0 aromatic heterocycles. The van der Waals surface area contributed by atoms with E-state index in [1.807, 2.05) is 31.2 Å². The highest BCUT2D eigenvalue weighted by Crippen LogP contribution is 2.17. The number of nitrogens with two attached hydrogens (primary N) is 1. The van der Waals surface area contributed by atoms with Crippen molar-refractivity contribution in [3.63, 3.8) is 0 Å². The fraction of sp³-hybridized carbons (Fsp3) is 0.500. The van der Waals surface area contributed by atoms with Crippen LogP contribution in [-0.4, -0.2) is 28.7 Å². The average Bonchev–Trinajstić information content (AvgIpc) is 2.29. The van der Waals surface area contributed by atoms with Gasteiger partial charge in [-0.25, -0.2) is 0 Å². The number of hydrogen-bond donors (Lipinski definition) is 2. The van der Waals surface area contributed by atoms with Crippen molar-refractivity contribution in [2.45, 2.75) is 45.8 Å². The van der Waals surface area contributed by atoms with E-state index in [0.717, 1.165) is 11.1 Å². The number of esters is 1. The summed E-state index contributed by atoms with van der Waals surface area (Å²) in [5.74, 6) is -3.43. The Balaban J connectivity index is 2.88. The predicted molar refractivity (Wildman–Crippen MR) is 79.8 cm³/mol. The van der Waals surface area contributed by atoms with E-state index in [2.05, 4.69) is 0 Å². The van der Waals surface area contributed by atoms with E-state index in [-0.39, 0.29) is 0 Å². The maximum absolute atomic E-state index is 12.0. The highest BCUT2D eigenvalue weighted by Gasteiger charge is 2.36. The van der Waals surface area contributed by atoms with Crippen molar-refractivity contribution < 1.29 is 19.4 Å². The van der Waals surface area contributed by atoms with Crippen LogP contribution in [0.15, 0.2) is 24.3 Å². The van der Waals surface area contributed by atoms with Gasteiger partial charge in [-0.05, 0) is 45.2 Å². The van der Waals surface area contributed by atoms with Crippen molar-refractivity contribution in [1.29, 1.82) is 0 Å². The van der Waals surface area contributed by atoms with Gasteiger partial charge in [-0.1, -0.05) is 24.3 Å². The first-order valence-corrected chi connectivity index (χ1v) is 6.87. The van der Waals surface area contributed by atoms with Crippen LogP contribution in [0.25, 0.3) is 0 Å². The van der Waals surface area contributed by atoms with Gasteiger partial charge in [-0.15, -0.1) is 0 Å². The molecule has 0 radical (unpaired) electrons. The minimum atomic E-state index is -1.37. The van der Waals surface area contributed by atoms with Gasteiger partial charge in [0.1, 0.15) is 5.60 Å². The number of carbonyl (C=O) groups excluding carboxylic acids is 1. The SMILES string of the molecule is Cc1ccccc1CC(N)[C@@H](C(=O)O)C(=O)OC(C)(C)C. The Kier molecular flexibility index (Phi) is 5.49. The second kappa shape index (κ2) is 6.72. The Morgan fingerprint density at radius 2 is 1.86 bits per heavy atom. The molecular weight excluding hydrogens is 270 g/mol. The monoisotopic (exact) mass is 293 g/mol. The van der Waals surface area contributed by atoms with E-state index in [1.165, 1.54) is 0 Å². The van der Waals surface area contributed by atoms with Crippen LogP contribution < -0.4 is 5.73 Å². The number of carboxylic acids is 1. The van der Waals surface area contributed by atoms with Gasteiger partial charge >= 0.3 is 11.9 Å². The fourth-order valence-corrected chi connectivity index (χ4v) is 2.03. The summed E-state index contributed by atoms with van der Waals surface area (Å²) in [5.41, 5.74) is 7.16. The fourth-order valence-electron chi connectivity index (χ4n) is 2.03. The molecule has 2 atom stereocenters. The molecule has 21 heavy (non-hydrogen) atoms. The molecular formula is C16H23NO4. The van der Waals surface area contributed by atoms with Crippen molar-refractivity contribution in [3.05, 3.63) is 35.4 Å². The lowest BCUT2D eigenvalue weighted by Crippen LogP contribution is -2.45. The van der Waals surface area contributed by atoms with Crippen LogP contribution in [0.4, 0.5) is 0 Å². The zero-order valence-electron chi connectivity index (χ0n) is 12.9. The van der Waals surface area contributed by atoms with Crippen molar-refractivity contribution in [2.75, 3.05) is 0 Å². The lowest BCUT2D eigenvalue weighted by atomic mass is 9.92. The van der Waals surface area contributed by atoms with Gasteiger partial charge in [0.2, 0.25) is 0 Å². The standard InChI is InChI=1S/C16H23NO4/c1-10-7-5-6-8-11(10)9-12(17)13(14(18)19)15(20)21-16(2,3)4/h5-8,12-13H,9,17H2,1-4H3,(H,18,19)/t12?,13-/m0/s1. The Morgan fingerprint density at radius 3 is 2.33 bits per heavy atom. The van der Waals surface area contributed by atoms with Gasteiger partial charge in [0.25, 0.3) is 0 Å². The number of ether oxygens (including phenoxy) is 1. The maximum atomic E-state index is 12.0. The van der Waals surface area contributed by atoms with E-state index in [1.54, 1.807) is 20.8 Å². The number of aryl methyl sites for hydroxylation is 1. The second-order valence-electron chi connectivity index (χ2n) is 6.14. The van der Waals surface area contributed by atoms with Crippen LogP contribution in [0.2, 0.25) is 0 Å². The first-order valence-electron chi connectivity index (χ1n) is 6.87. The predicted octanol–water partition coefficient (Wildman–Crippen LogP) is 1.91. The van der Waals surface area contributed by atoms with Crippen LogP contribution in [0.3, 0.4) is 0 Å². The Hall–Kier alpha value is -1.88. The molecule has 1 rings (SSSR count). The average molecular weight is 293 g/mol. The minimum Gasteiger partial charge on any atom is -0.481 e. The third kappa shape index (κ3) is 5.19. The molecule has 0 aliphatic heterocycles. The van der Waals surface area contributed by atoms with Gasteiger partial charge in [-0.2, -0.15) is 0 Å². The number of aliphatic carboxylic acids is 1. The lowest BCUT2D eigenvalue weighted by Gasteiger charge is -2.25. The molecule has 116 valence electrons. The van der Waals surface area contributed by atoms with Gasteiger partial charge in [0.15, 0.2) is 5.92 Å². The van der Waals surface area contributed by atoms with Crippen molar-refractivity contribution in [1.82, 2.24) is 0 Å². The maximum Gasteiger partial charge on any atom is 0.322 e. The van der Waals surface area contributed by atoms with Crippen LogP contribution in [0, 0.1) is 12.8 Å². The zero-order chi connectivity index (χ0) is 16.2. The largest absolute Gasteiger partial charge is 0.481 e. The molecule has 0 aliphatic carbocycles. The van der Waals surface area contributed by atoms with Gasteiger partial charge in [0, 0.05) is 6.04 Å². The molecule has 5 heteroatoms. The quantitative estimate of drug-likeness (QED) is 0.639. The Labute approximate surface area is 125 Å². The Bertz CT molecular complexity index is 519. The molecule has 0 heterocycles. The van der Waals surface area contributed by atoms with Crippen molar-refractivity contribution >= 4 is 11.9 Å². The molecule has 1 aromatic rings. The number of benzene rings is 1. The molecule has 0 amide bonds. The highest BCUT2D eigenvalue weighted by atomic mass is 16.6. The van der Waals surface area contributed by atoms with Gasteiger partial charge in [-0.3, -0.25) is 9.59 Å². The molecule has 0 saturated heterocycles. The molecule has 3 N–H and O–H groups in total. The molecule has 5 nitrogen and oxygen atoms in total. The molecule has 1 aromatic carbocycles. The smallest absolute Gasteiger partial charge is 0.322 e. The molecule has 0 saturated carbocycles. The van der Waals surface area contributed by atoms with Crippen LogP contribution in [0.5, 0.6) is 0 Å². The number of hydrogen-bond acceptors (Lipinski definition) is 4. The zero-order valence-corrected chi connectivity index (χ0v) is 12.9. The molecule has 0 aliphatic rings. The van der Waals surface area contributed by atoms with Gasteiger partial charge < -0.3 is 15.6 Å². The summed E-state index contributed by atoms with van der Waals surface area (Å²) in [6.45, 7) is 7.00. The first-order chi connectivity index (χ1) is 9.61. The van der Waals surface area contributed by atoms with E-state index < -0.39 is 29.5 Å². The molecule has 1 unspecified atom stereocenters. The first kappa shape index (κ1) is 17.2. The summed E-state index contributed by atoms with van der Waals surface area (Å²) in [5, 5.41) is 9.28. The van der Waals surface area contributed by atoms with E-state index in [0.29, 0.717) is 6.42 Å². The number of rotatable bonds is 5. The van der Waals surface area contributed by atoms with Crippen molar-refractivity contribution in [3.8, 4) is 0 Å². The second-order valence-corrected chi connectivity index (χ2v) is 6.14. The molecule has 0 fully saturated rings. The van der Waals surface area contributed by atoms with Crippen molar-refractivity contribution in [2.24, 2.45) is 11.7 Å². The Morgan fingerprint density at radius 1 is 1.29 bits per heavy atom. The van der Waals surface area contributed by atoms with Crippen LogP contribution >= 0.6 is 0 Å². The summed E-state index contributed by atoms with van der Waals surface area (Å²) in [4.78, 5) is 23.4. The van der Waals surface area contributed by atoms with E-state index in [4.69, 9.17) is 10.5 Å². The summed E-state index contributed by atoms with van der Waals surface area (Å²) in [6.07, 6.45) is 0.308. The topological polar surface area (TPSA) is 89.6 Å². The number of carbonyl (C=O) groups is 2. The van der Waals surface area contributed by atoms with E-state index >= 15 is 0 Å². The van der Waals surface area contributed by atoms with Crippen LogP contribution in [0.1, 0.15) is 31.9 Å². The summed E-state index contributed by atoms with van der Waals surface area (Å²) in [7, 11) is 0. The normalized spacial score (nSPS) is 14.3. The summed E-state index contributed by atoms with van der Waals surface area (Å²) >= 11 is 0. The lowest BCUT2D eigenvalue weighted by molar-refractivity contribution is -0.167.